The Morgan fingerprint density at radius 2 is 1.92 bits per heavy atom. The Labute approximate surface area is 217 Å². The largest absolute Gasteiger partial charge is 0.493 e. The molecule has 0 radical (unpaired) electrons. The summed E-state index contributed by atoms with van der Waals surface area (Å²) in [7, 11) is 1.57. The summed E-state index contributed by atoms with van der Waals surface area (Å²) in [6.45, 7) is 2.38. The Morgan fingerprint density at radius 1 is 1.11 bits per heavy atom. The molecule has 1 amide bonds. The van der Waals surface area contributed by atoms with Gasteiger partial charge in [-0.05, 0) is 58.7 Å². The van der Waals surface area contributed by atoms with Crippen LogP contribution in [0.1, 0.15) is 16.7 Å². The first-order valence-electron chi connectivity index (χ1n) is 11.7. The fourth-order valence-electron chi connectivity index (χ4n) is 3.85. The quantitative estimate of drug-likeness (QED) is 0.225. The van der Waals surface area contributed by atoms with Gasteiger partial charge in [0.1, 0.15) is 13.2 Å². The van der Waals surface area contributed by atoms with Gasteiger partial charge in [-0.15, -0.1) is 0 Å². The standard InChI is InChI=1S/C27H25N7O4/c1-17-7-9-18(10-8-17)16-37-22-12-11-19(13-23(22)36-2)14-29-31-24(35)15-34-21-6-4-3-5-20(21)30-27(34)25-26(28)33-38-32-25/h3-14H,15-16H2,1-2H3,(H2,28,33)(H,31,35). The number of ether oxygens (including phenoxy) is 2. The summed E-state index contributed by atoms with van der Waals surface area (Å²) in [5.41, 5.74) is 13.0. The van der Waals surface area contributed by atoms with Gasteiger partial charge in [-0.2, -0.15) is 5.10 Å². The highest BCUT2D eigenvalue weighted by Crippen LogP contribution is 2.29. The predicted molar refractivity (Wildman–Crippen MR) is 142 cm³/mol. The van der Waals surface area contributed by atoms with Crippen molar-refractivity contribution in [1.29, 1.82) is 0 Å². The Kier molecular flexibility index (Phi) is 6.98. The molecule has 0 aliphatic heterocycles. The van der Waals surface area contributed by atoms with Crippen LogP contribution in [-0.2, 0) is 17.9 Å². The van der Waals surface area contributed by atoms with Crippen LogP contribution in [0.15, 0.2) is 76.5 Å². The summed E-state index contributed by atoms with van der Waals surface area (Å²) >= 11 is 0. The number of nitrogens with zero attached hydrogens (tertiary/aromatic N) is 5. The zero-order chi connectivity index (χ0) is 26.5. The Balaban J connectivity index is 1.26. The predicted octanol–water partition coefficient (Wildman–Crippen LogP) is 3.71. The highest BCUT2D eigenvalue weighted by molar-refractivity contribution is 5.86. The average molecular weight is 512 g/mol. The Morgan fingerprint density at radius 3 is 2.68 bits per heavy atom. The van der Waals surface area contributed by atoms with Gasteiger partial charge >= 0.3 is 0 Å². The summed E-state index contributed by atoms with van der Waals surface area (Å²) < 4.78 is 17.8. The van der Waals surface area contributed by atoms with E-state index in [0.29, 0.717) is 29.4 Å². The summed E-state index contributed by atoms with van der Waals surface area (Å²) in [5, 5.41) is 11.5. The van der Waals surface area contributed by atoms with Crippen molar-refractivity contribution < 1.29 is 18.9 Å². The molecule has 0 spiro atoms. The highest BCUT2D eigenvalue weighted by Gasteiger charge is 2.20. The van der Waals surface area contributed by atoms with Crippen LogP contribution >= 0.6 is 0 Å². The molecule has 2 aromatic heterocycles. The van der Waals surface area contributed by atoms with Crippen LogP contribution < -0.4 is 20.6 Å². The van der Waals surface area contributed by atoms with E-state index >= 15 is 0 Å². The van der Waals surface area contributed by atoms with E-state index in [4.69, 9.17) is 19.8 Å². The van der Waals surface area contributed by atoms with Crippen molar-refractivity contribution in [2.45, 2.75) is 20.1 Å². The first kappa shape index (κ1) is 24.5. The summed E-state index contributed by atoms with van der Waals surface area (Å²) in [6.07, 6.45) is 1.52. The molecule has 3 N–H and O–H groups in total. The van der Waals surface area contributed by atoms with Gasteiger partial charge in [0, 0.05) is 0 Å². The van der Waals surface area contributed by atoms with E-state index in [1.54, 1.807) is 23.8 Å². The maximum Gasteiger partial charge on any atom is 0.260 e. The number of nitrogens with two attached hydrogens (primary N) is 1. The van der Waals surface area contributed by atoms with Crippen molar-refractivity contribution in [3.8, 4) is 23.0 Å². The topological polar surface area (TPSA) is 143 Å². The lowest BCUT2D eigenvalue weighted by atomic mass is 10.2. The minimum absolute atomic E-state index is 0.0748. The van der Waals surface area contributed by atoms with E-state index in [0.717, 1.165) is 16.6 Å². The molecule has 0 aliphatic carbocycles. The number of aromatic nitrogens is 4. The molecular formula is C27H25N7O4. The molecule has 192 valence electrons. The monoisotopic (exact) mass is 511 g/mol. The number of hydrogen-bond acceptors (Lipinski definition) is 9. The number of amides is 1. The van der Waals surface area contributed by atoms with Gasteiger partial charge in [0.25, 0.3) is 5.91 Å². The maximum absolute atomic E-state index is 12.8. The third-order valence-electron chi connectivity index (χ3n) is 5.79. The second-order valence-corrected chi connectivity index (χ2v) is 8.49. The molecule has 5 aromatic rings. The smallest absolute Gasteiger partial charge is 0.260 e. The van der Waals surface area contributed by atoms with Gasteiger partial charge in [-0.3, -0.25) is 4.79 Å². The number of hydrogen-bond donors (Lipinski definition) is 2. The van der Waals surface area contributed by atoms with Crippen molar-refractivity contribution in [3.63, 3.8) is 0 Å². The number of rotatable bonds is 9. The van der Waals surface area contributed by atoms with Crippen LogP contribution in [0.2, 0.25) is 0 Å². The zero-order valence-corrected chi connectivity index (χ0v) is 20.8. The summed E-state index contributed by atoms with van der Waals surface area (Å²) in [5.74, 6) is 1.25. The van der Waals surface area contributed by atoms with Crippen LogP contribution in [0.4, 0.5) is 5.82 Å². The van der Waals surface area contributed by atoms with Gasteiger partial charge in [0.2, 0.25) is 0 Å². The van der Waals surface area contributed by atoms with Crippen molar-refractivity contribution in [2.24, 2.45) is 5.10 Å². The molecule has 0 atom stereocenters. The second-order valence-electron chi connectivity index (χ2n) is 8.49. The lowest BCUT2D eigenvalue weighted by Crippen LogP contribution is -2.23. The molecule has 38 heavy (non-hydrogen) atoms. The summed E-state index contributed by atoms with van der Waals surface area (Å²) in [6, 6.07) is 20.9. The molecule has 0 aliphatic rings. The minimum Gasteiger partial charge on any atom is -0.493 e. The molecule has 5 rings (SSSR count). The Hall–Kier alpha value is -5.19. The zero-order valence-electron chi connectivity index (χ0n) is 20.8. The van der Waals surface area contributed by atoms with Crippen LogP contribution in [-0.4, -0.2) is 39.1 Å². The van der Waals surface area contributed by atoms with Crippen LogP contribution in [0.5, 0.6) is 11.5 Å². The van der Waals surface area contributed by atoms with Gasteiger partial charge in [-0.1, -0.05) is 42.0 Å². The number of imidazole rings is 1. The van der Waals surface area contributed by atoms with Crippen LogP contribution in [0, 0.1) is 6.92 Å². The van der Waals surface area contributed by atoms with Gasteiger partial charge in [0.05, 0.1) is 24.4 Å². The number of anilines is 1. The van der Waals surface area contributed by atoms with Crippen molar-refractivity contribution in [1.82, 2.24) is 25.3 Å². The number of nitrogen functional groups attached to an aromatic ring is 1. The van der Waals surface area contributed by atoms with E-state index in [2.05, 4.69) is 25.8 Å². The lowest BCUT2D eigenvalue weighted by molar-refractivity contribution is -0.121. The molecule has 11 nitrogen and oxygen atoms in total. The van der Waals surface area contributed by atoms with E-state index in [1.165, 1.54) is 11.8 Å². The SMILES string of the molecule is COc1cc(C=NNC(=O)Cn2c(-c3nonc3N)nc3ccccc32)ccc1OCc1ccc(C)cc1. The first-order valence-corrected chi connectivity index (χ1v) is 11.7. The number of methoxy groups -OCH3 is 1. The van der Waals surface area contributed by atoms with Crippen molar-refractivity contribution in [3.05, 3.63) is 83.4 Å². The number of para-hydroxylation sites is 2. The minimum atomic E-state index is -0.370. The molecular weight excluding hydrogens is 486 g/mol. The first-order chi connectivity index (χ1) is 18.5. The Bertz CT molecular complexity index is 1610. The van der Waals surface area contributed by atoms with Crippen molar-refractivity contribution in [2.75, 3.05) is 12.8 Å². The van der Waals surface area contributed by atoms with Gasteiger partial charge < -0.3 is 19.8 Å². The van der Waals surface area contributed by atoms with Gasteiger partial charge in [0.15, 0.2) is 28.8 Å². The fourth-order valence-corrected chi connectivity index (χ4v) is 3.85. The normalized spacial score (nSPS) is 11.2. The number of aryl methyl sites for hydroxylation is 1. The molecule has 0 bridgehead atoms. The average Bonchev–Trinajstić information content (AvgIpc) is 3.51. The number of carbonyl (C=O) groups excluding carboxylic acids is 1. The lowest BCUT2D eigenvalue weighted by Gasteiger charge is -2.11. The second kappa shape index (κ2) is 10.8. The highest BCUT2D eigenvalue weighted by atomic mass is 16.6. The molecule has 0 saturated heterocycles. The fraction of sp³-hybridized carbons (Fsp3) is 0.148. The van der Waals surface area contributed by atoms with Gasteiger partial charge in [-0.25, -0.2) is 15.0 Å². The number of hydrazone groups is 1. The van der Waals surface area contributed by atoms with Crippen LogP contribution in [0.3, 0.4) is 0 Å². The number of fused-ring (bicyclic) bond motifs is 1. The van der Waals surface area contributed by atoms with E-state index in [-0.39, 0.29) is 24.0 Å². The third kappa shape index (κ3) is 5.31. The van der Waals surface area contributed by atoms with Crippen LogP contribution in [0.25, 0.3) is 22.6 Å². The molecule has 3 aromatic carbocycles. The molecule has 0 fully saturated rings. The maximum atomic E-state index is 12.8. The third-order valence-corrected chi connectivity index (χ3v) is 5.79. The molecule has 0 saturated carbocycles. The number of benzene rings is 3. The number of carbonyl (C=O) groups is 1. The summed E-state index contributed by atoms with van der Waals surface area (Å²) in [4.78, 5) is 17.3. The molecule has 11 heteroatoms. The van der Waals surface area contributed by atoms with E-state index < -0.39 is 0 Å². The number of nitrogens with one attached hydrogen (secondary N) is 1. The van der Waals surface area contributed by atoms with E-state index in [1.807, 2.05) is 61.5 Å². The van der Waals surface area contributed by atoms with Crippen molar-refractivity contribution >= 4 is 29.0 Å². The molecule has 0 unspecified atom stereocenters. The molecule has 2 heterocycles. The van der Waals surface area contributed by atoms with E-state index in [9.17, 15) is 4.79 Å².